The highest BCUT2D eigenvalue weighted by Gasteiger charge is 2.22. The summed E-state index contributed by atoms with van der Waals surface area (Å²) >= 11 is 0. The molecule has 0 bridgehead atoms. The van der Waals surface area contributed by atoms with E-state index in [9.17, 15) is 0 Å². The van der Waals surface area contributed by atoms with Crippen molar-refractivity contribution in [3.63, 3.8) is 0 Å². The number of hydrogen-bond donors (Lipinski definition) is 0. The zero-order valence-corrected chi connectivity index (χ0v) is 31.2. The minimum atomic E-state index is 0.933. The van der Waals surface area contributed by atoms with Crippen molar-refractivity contribution in [2.24, 2.45) is 0 Å². The van der Waals surface area contributed by atoms with E-state index in [-0.39, 0.29) is 0 Å². The summed E-state index contributed by atoms with van der Waals surface area (Å²) in [7, 11) is 0. The minimum absolute atomic E-state index is 0.933. The highest BCUT2D eigenvalue weighted by atomic mass is 15.0. The van der Waals surface area contributed by atoms with Crippen molar-refractivity contribution in [3.05, 3.63) is 217 Å². The quantitative estimate of drug-likeness (QED) is 0.167. The minimum Gasteiger partial charge on any atom is -0.309 e. The van der Waals surface area contributed by atoms with E-state index in [2.05, 4.69) is 215 Å². The SMILES string of the molecule is C1=C(c2cc(-c3ccccc3)cc(-n3c4ccccc4c4c(-c5cccc6c5c5ccccc5n6-c5ccc6ccccc6c5)cccc43)c2)Cc2ccccc21. The molecule has 0 saturated heterocycles. The Balaban J connectivity index is 1.11. The summed E-state index contributed by atoms with van der Waals surface area (Å²) in [6, 6.07) is 73.7. The maximum absolute atomic E-state index is 2.49. The van der Waals surface area contributed by atoms with Crippen LogP contribution in [0.15, 0.2) is 200 Å². The standard InChI is InChI=1S/C55H36N2/c1-2-14-36(15-3-1)42-32-43(41-30-38-17-6-7-18-39(38)31-41)35-45(34-42)57-51-25-11-9-21-49(51)55-47(23-13-27-53(55)57)46-22-12-26-52-54(46)48-20-8-10-24-50(48)56(52)44-29-28-37-16-4-5-19-40(37)33-44/h1-30,32-35H,31H2. The Morgan fingerprint density at radius 3 is 1.65 bits per heavy atom. The number of hydrogen-bond acceptors (Lipinski definition) is 0. The summed E-state index contributed by atoms with van der Waals surface area (Å²) in [6.45, 7) is 0. The van der Waals surface area contributed by atoms with E-state index in [0.29, 0.717) is 0 Å². The Morgan fingerprint density at radius 1 is 0.351 bits per heavy atom. The average Bonchev–Trinajstić information content (AvgIpc) is 3.97. The summed E-state index contributed by atoms with van der Waals surface area (Å²) in [6.07, 6.45) is 3.31. The first-order chi connectivity index (χ1) is 28.3. The van der Waals surface area contributed by atoms with E-state index >= 15 is 0 Å². The van der Waals surface area contributed by atoms with Crippen LogP contribution in [-0.4, -0.2) is 9.13 Å². The molecule has 1 aliphatic rings. The molecule has 11 aromatic rings. The molecule has 0 saturated carbocycles. The Morgan fingerprint density at radius 2 is 0.930 bits per heavy atom. The molecule has 0 spiro atoms. The van der Waals surface area contributed by atoms with Crippen LogP contribution in [0.5, 0.6) is 0 Å². The second-order valence-electron chi connectivity index (χ2n) is 15.3. The zero-order chi connectivity index (χ0) is 37.5. The Labute approximate surface area is 330 Å². The van der Waals surface area contributed by atoms with Crippen LogP contribution in [0, 0.1) is 0 Å². The normalized spacial score (nSPS) is 12.6. The van der Waals surface area contributed by atoms with E-state index in [1.54, 1.807) is 0 Å². The third-order valence-corrected chi connectivity index (χ3v) is 12.1. The van der Waals surface area contributed by atoms with Gasteiger partial charge in [-0.1, -0.05) is 152 Å². The van der Waals surface area contributed by atoms with Crippen molar-refractivity contribution < 1.29 is 0 Å². The molecule has 2 nitrogen and oxygen atoms in total. The highest BCUT2D eigenvalue weighted by molar-refractivity contribution is 6.22. The smallest absolute Gasteiger partial charge is 0.0547 e. The number of aromatic nitrogens is 2. The van der Waals surface area contributed by atoms with Gasteiger partial charge in [0.05, 0.1) is 22.1 Å². The Kier molecular flexibility index (Phi) is 7.02. The summed E-state index contributed by atoms with van der Waals surface area (Å²) in [5.74, 6) is 0. The molecule has 12 rings (SSSR count). The van der Waals surface area contributed by atoms with Gasteiger partial charge in [0.1, 0.15) is 0 Å². The Bertz CT molecular complexity index is 3430. The molecule has 0 N–H and O–H groups in total. The van der Waals surface area contributed by atoms with Crippen LogP contribution in [0.3, 0.4) is 0 Å². The van der Waals surface area contributed by atoms with Gasteiger partial charge in [0.25, 0.3) is 0 Å². The fourth-order valence-corrected chi connectivity index (χ4v) is 9.55. The van der Waals surface area contributed by atoms with Crippen molar-refractivity contribution in [1.82, 2.24) is 9.13 Å². The summed E-state index contributed by atoms with van der Waals surface area (Å²) < 4.78 is 4.93. The van der Waals surface area contributed by atoms with Crippen LogP contribution in [0.1, 0.15) is 16.7 Å². The predicted molar refractivity (Wildman–Crippen MR) is 242 cm³/mol. The molecule has 266 valence electrons. The molecule has 2 aromatic heterocycles. The molecule has 2 heteroatoms. The molecule has 2 heterocycles. The van der Waals surface area contributed by atoms with Crippen molar-refractivity contribution in [1.29, 1.82) is 0 Å². The second kappa shape index (κ2) is 12.6. The molecule has 9 aromatic carbocycles. The lowest BCUT2D eigenvalue weighted by Gasteiger charge is -2.15. The third kappa shape index (κ3) is 4.97. The fraction of sp³-hybridized carbons (Fsp3) is 0.0182. The number of allylic oxidation sites excluding steroid dienone is 1. The number of benzene rings is 9. The molecule has 0 unspecified atom stereocenters. The first-order valence-electron chi connectivity index (χ1n) is 19.8. The number of para-hydroxylation sites is 2. The van der Waals surface area contributed by atoms with E-state index in [4.69, 9.17) is 0 Å². The van der Waals surface area contributed by atoms with Gasteiger partial charge in [0.15, 0.2) is 0 Å². The molecule has 0 fully saturated rings. The van der Waals surface area contributed by atoms with Crippen LogP contribution in [-0.2, 0) is 6.42 Å². The van der Waals surface area contributed by atoms with Crippen LogP contribution in [0.2, 0.25) is 0 Å². The van der Waals surface area contributed by atoms with Crippen molar-refractivity contribution >= 4 is 66.0 Å². The summed E-state index contributed by atoms with van der Waals surface area (Å²) in [5.41, 5.74) is 17.4. The lowest BCUT2D eigenvalue weighted by Crippen LogP contribution is -1.97. The van der Waals surface area contributed by atoms with Gasteiger partial charge in [-0.15, -0.1) is 0 Å². The summed E-state index contributed by atoms with van der Waals surface area (Å²) in [5, 5.41) is 7.52. The van der Waals surface area contributed by atoms with Gasteiger partial charge in [-0.05, 0) is 116 Å². The maximum atomic E-state index is 2.49. The monoisotopic (exact) mass is 724 g/mol. The number of rotatable bonds is 5. The topological polar surface area (TPSA) is 9.86 Å². The molecule has 0 amide bonds. The van der Waals surface area contributed by atoms with E-state index < -0.39 is 0 Å². The maximum Gasteiger partial charge on any atom is 0.0547 e. The molecule has 0 atom stereocenters. The van der Waals surface area contributed by atoms with Crippen molar-refractivity contribution in [2.75, 3.05) is 0 Å². The molecular weight excluding hydrogens is 689 g/mol. The van der Waals surface area contributed by atoms with Crippen molar-refractivity contribution in [3.8, 4) is 33.6 Å². The summed E-state index contributed by atoms with van der Waals surface area (Å²) in [4.78, 5) is 0. The zero-order valence-electron chi connectivity index (χ0n) is 31.2. The van der Waals surface area contributed by atoms with Gasteiger partial charge in [0.2, 0.25) is 0 Å². The molecule has 0 radical (unpaired) electrons. The molecule has 57 heavy (non-hydrogen) atoms. The largest absolute Gasteiger partial charge is 0.309 e. The van der Waals surface area contributed by atoms with Gasteiger partial charge in [-0.3, -0.25) is 0 Å². The fourth-order valence-electron chi connectivity index (χ4n) is 9.55. The van der Waals surface area contributed by atoms with Crippen LogP contribution in [0.25, 0.3) is 99.7 Å². The number of nitrogens with zero attached hydrogens (tertiary/aromatic N) is 2. The third-order valence-electron chi connectivity index (χ3n) is 12.1. The molecule has 0 aliphatic heterocycles. The van der Waals surface area contributed by atoms with Gasteiger partial charge in [0, 0.05) is 32.9 Å². The molecule has 1 aliphatic carbocycles. The van der Waals surface area contributed by atoms with Crippen molar-refractivity contribution in [2.45, 2.75) is 6.42 Å². The van der Waals surface area contributed by atoms with Crippen LogP contribution < -0.4 is 0 Å². The Hall–Kier alpha value is -7.42. The predicted octanol–water partition coefficient (Wildman–Crippen LogP) is 14.5. The first-order valence-corrected chi connectivity index (χ1v) is 19.8. The van der Waals surface area contributed by atoms with Crippen LogP contribution in [0.4, 0.5) is 0 Å². The van der Waals surface area contributed by atoms with Gasteiger partial charge in [-0.2, -0.15) is 0 Å². The number of fused-ring (bicyclic) bond motifs is 8. The van der Waals surface area contributed by atoms with E-state index in [1.165, 1.54) is 105 Å². The lowest BCUT2D eigenvalue weighted by molar-refractivity contribution is 1.17. The van der Waals surface area contributed by atoms with Gasteiger partial charge in [-0.25, -0.2) is 0 Å². The van der Waals surface area contributed by atoms with E-state index in [1.807, 2.05) is 0 Å². The average molecular weight is 725 g/mol. The molecular formula is C55H36N2. The second-order valence-corrected chi connectivity index (χ2v) is 15.3. The first kappa shape index (κ1) is 31.9. The highest BCUT2D eigenvalue weighted by Crippen LogP contribution is 2.45. The lowest BCUT2D eigenvalue weighted by atomic mass is 9.95. The van der Waals surface area contributed by atoms with Crippen LogP contribution >= 0.6 is 0 Å². The van der Waals surface area contributed by atoms with Gasteiger partial charge < -0.3 is 9.13 Å². The van der Waals surface area contributed by atoms with E-state index in [0.717, 1.165) is 12.1 Å². The van der Waals surface area contributed by atoms with Gasteiger partial charge >= 0.3 is 0 Å².